The molecule has 0 saturated carbocycles. The van der Waals surface area contributed by atoms with Crippen LogP contribution in [0, 0.1) is 6.92 Å². The topological polar surface area (TPSA) is 93.2 Å². The van der Waals surface area contributed by atoms with E-state index in [2.05, 4.69) is 15.6 Å². The van der Waals surface area contributed by atoms with Crippen molar-refractivity contribution in [3.63, 3.8) is 0 Å². The summed E-state index contributed by atoms with van der Waals surface area (Å²) in [7, 11) is 0. The third kappa shape index (κ3) is 4.22. The molecule has 0 saturated heterocycles. The smallest absolute Gasteiger partial charge is 0.265 e. The number of thiazole rings is 1. The normalized spacial score (nSPS) is 11.4. The number of anilines is 2. The maximum atomic E-state index is 12.1. The van der Waals surface area contributed by atoms with Crippen LogP contribution in [0.2, 0.25) is 0 Å². The molecule has 0 fully saturated rings. The molecule has 0 aliphatic rings. The summed E-state index contributed by atoms with van der Waals surface area (Å²) in [5.74, 6) is 1.51. The first-order valence-electron chi connectivity index (χ1n) is 6.62. The Labute approximate surface area is 127 Å². The number of furan rings is 1. The van der Waals surface area contributed by atoms with Crippen molar-refractivity contribution >= 4 is 28.2 Å². The zero-order valence-corrected chi connectivity index (χ0v) is 13.4. The molecule has 7 heteroatoms. The van der Waals surface area contributed by atoms with Crippen molar-refractivity contribution in [3.8, 4) is 0 Å². The van der Waals surface area contributed by atoms with Gasteiger partial charge in [-0.3, -0.25) is 4.79 Å². The fourth-order valence-electron chi connectivity index (χ4n) is 1.70. The summed E-state index contributed by atoms with van der Waals surface area (Å²) in [4.78, 5) is 16.7. The van der Waals surface area contributed by atoms with E-state index in [9.17, 15) is 4.79 Å². The van der Waals surface area contributed by atoms with Gasteiger partial charge in [0.2, 0.25) is 0 Å². The van der Waals surface area contributed by atoms with Crippen molar-refractivity contribution in [1.29, 1.82) is 0 Å². The summed E-state index contributed by atoms with van der Waals surface area (Å²) < 4.78 is 5.40. The van der Waals surface area contributed by atoms with Gasteiger partial charge in [0.15, 0.2) is 5.13 Å². The molecular weight excluding hydrogens is 288 g/mol. The molecule has 2 rings (SSSR count). The molecule has 2 heterocycles. The van der Waals surface area contributed by atoms with Gasteiger partial charge in [-0.1, -0.05) is 11.3 Å². The first-order chi connectivity index (χ1) is 9.74. The van der Waals surface area contributed by atoms with E-state index >= 15 is 0 Å². The molecule has 0 aliphatic heterocycles. The van der Waals surface area contributed by atoms with Crippen LogP contribution in [-0.2, 0) is 6.54 Å². The largest absolute Gasteiger partial charge is 0.465 e. The Morgan fingerprint density at radius 2 is 2.14 bits per heavy atom. The second kappa shape index (κ2) is 5.77. The Hall–Kier alpha value is -2.02. The molecule has 0 aromatic carbocycles. The zero-order chi connectivity index (χ0) is 15.6. The van der Waals surface area contributed by atoms with Crippen molar-refractivity contribution in [1.82, 2.24) is 10.3 Å². The third-order valence-corrected chi connectivity index (χ3v) is 3.55. The number of nitrogen functional groups attached to an aromatic ring is 1. The molecule has 1 amide bonds. The van der Waals surface area contributed by atoms with Gasteiger partial charge in [0, 0.05) is 5.54 Å². The number of amides is 1. The zero-order valence-electron chi connectivity index (χ0n) is 12.6. The van der Waals surface area contributed by atoms with Gasteiger partial charge < -0.3 is 20.8 Å². The minimum Gasteiger partial charge on any atom is -0.465 e. The number of nitrogens with one attached hydrogen (secondary N) is 2. The number of hydrogen-bond acceptors (Lipinski definition) is 6. The van der Waals surface area contributed by atoms with Gasteiger partial charge in [0.25, 0.3) is 5.91 Å². The molecule has 0 bridgehead atoms. The summed E-state index contributed by atoms with van der Waals surface area (Å²) in [6.45, 7) is 8.24. The molecule has 6 nitrogen and oxygen atoms in total. The number of hydrogen-bond donors (Lipinski definition) is 3. The lowest BCUT2D eigenvalue weighted by atomic mass is 10.1. The highest BCUT2D eigenvalue weighted by molar-refractivity contribution is 7.18. The van der Waals surface area contributed by atoms with Crippen LogP contribution < -0.4 is 16.4 Å². The molecule has 0 unspecified atom stereocenters. The molecule has 2 aromatic rings. The number of aromatic nitrogens is 1. The van der Waals surface area contributed by atoms with Gasteiger partial charge >= 0.3 is 0 Å². The summed E-state index contributed by atoms with van der Waals surface area (Å²) in [6, 6.07) is 3.69. The predicted octanol–water partition coefficient (Wildman–Crippen LogP) is 2.77. The summed E-state index contributed by atoms with van der Waals surface area (Å²) in [5, 5.41) is 6.62. The Morgan fingerprint density at radius 1 is 1.43 bits per heavy atom. The standard InChI is InChI=1S/C14H20N4O2S/c1-8-5-6-9(20-8)7-16-12(19)10-11(15)17-13(21-10)18-14(2,3)4/h5-6H,7,15H2,1-4H3,(H,16,19)(H,17,18). The lowest BCUT2D eigenvalue weighted by molar-refractivity contribution is 0.0952. The van der Waals surface area contributed by atoms with Gasteiger partial charge in [-0.2, -0.15) is 0 Å². The van der Waals surface area contributed by atoms with Crippen molar-refractivity contribution in [2.75, 3.05) is 11.1 Å². The molecule has 0 spiro atoms. The predicted molar refractivity (Wildman–Crippen MR) is 84.5 cm³/mol. The minimum absolute atomic E-state index is 0.135. The number of nitrogens with two attached hydrogens (primary N) is 1. The summed E-state index contributed by atoms with van der Waals surface area (Å²) in [6.07, 6.45) is 0. The highest BCUT2D eigenvalue weighted by atomic mass is 32.1. The van der Waals surface area contributed by atoms with Crippen LogP contribution in [0.4, 0.5) is 10.9 Å². The SMILES string of the molecule is Cc1ccc(CNC(=O)c2sc(NC(C)(C)C)nc2N)o1. The van der Waals surface area contributed by atoms with Gasteiger partial charge in [-0.15, -0.1) is 0 Å². The molecule has 21 heavy (non-hydrogen) atoms. The van der Waals surface area contributed by atoms with E-state index in [1.165, 1.54) is 11.3 Å². The molecule has 114 valence electrons. The fraction of sp³-hybridized carbons (Fsp3) is 0.429. The van der Waals surface area contributed by atoms with Crippen LogP contribution in [0.1, 0.15) is 42.0 Å². The highest BCUT2D eigenvalue weighted by Gasteiger charge is 2.19. The van der Waals surface area contributed by atoms with E-state index < -0.39 is 0 Å². The maximum absolute atomic E-state index is 12.1. The number of aryl methyl sites for hydroxylation is 1. The number of carbonyl (C=O) groups excluding carboxylic acids is 1. The third-order valence-electron chi connectivity index (χ3n) is 2.56. The lowest BCUT2D eigenvalue weighted by Crippen LogP contribution is -2.25. The lowest BCUT2D eigenvalue weighted by Gasteiger charge is -2.19. The van der Waals surface area contributed by atoms with Crippen LogP contribution in [-0.4, -0.2) is 16.4 Å². The van der Waals surface area contributed by atoms with Gasteiger partial charge in [0.05, 0.1) is 6.54 Å². The Bertz CT molecular complexity index is 640. The van der Waals surface area contributed by atoms with Crippen molar-refractivity contribution < 1.29 is 9.21 Å². The van der Waals surface area contributed by atoms with Crippen molar-refractivity contribution in [2.45, 2.75) is 39.8 Å². The van der Waals surface area contributed by atoms with E-state index in [4.69, 9.17) is 10.2 Å². The van der Waals surface area contributed by atoms with Crippen LogP contribution in [0.3, 0.4) is 0 Å². The molecule has 0 radical (unpaired) electrons. The van der Waals surface area contributed by atoms with Gasteiger partial charge in [0.1, 0.15) is 22.2 Å². The first-order valence-corrected chi connectivity index (χ1v) is 7.44. The van der Waals surface area contributed by atoms with Crippen LogP contribution >= 0.6 is 11.3 Å². The second-order valence-electron chi connectivity index (χ2n) is 5.80. The average molecular weight is 308 g/mol. The second-order valence-corrected chi connectivity index (χ2v) is 6.80. The number of rotatable bonds is 4. The highest BCUT2D eigenvalue weighted by Crippen LogP contribution is 2.27. The number of carbonyl (C=O) groups is 1. The Morgan fingerprint density at radius 3 is 2.71 bits per heavy atom. The molecular formula is C14H20N4O2S. The van der Waals surface area contributed by atoms with Crippen molar-refractivity contribution in [3.05, 3.63) is 28.5 Å². The summed E-state index contributed by atoms with van der Waals surface area (Å²) in [5.41, 5.74) is 5.67. The molecule has 0 aliphatic carbocycles. The van der Waals surface area contributed by atoms with E-state index in [-0.39, 0.29) is 17.3 Å². The van der Waals surface area contributed by atoms with Crippen LogP contribution in [0.15, 0.2) is 16.5 Å². The fourth-order valence-corrected chi connectivity index (χ4v) is 2.71. The quantitative estimate of drug-likeness (QED) is 0.807. The molecule has 0 atom stereocenters. The van der Waals surface area contributed by atoms with E-state index in [1.54, 1.807) is 0 Å². The monoisotopic (exact) mass is 308 g/mol. The van der Waals surface area contributed by atoms with Crippen LogP contribution in [0.25, 0.3) is 0 Å². The average Bonchev–Trinajstić information content (AvgIpc) is 2.90. The molecule has 4 N–H and O–H groups in total. The van der Waals surface area contributed by atoms with Crippen molar-refractivity contribution in [2.24, 2.45) is 0 Å². The summed E-state index contributed by atoms with van der Waals surface area (Å²) >= 11 is 1.24. The Kier molecular flexibility index (Phi) is 4.22. The van der Waals surface area contributed by atoms with E-state index in [0.29, 0.717) is 22.3 Å². The molecule has 2 aromatic heterocycles. The van der Waals surface area contributed by atoms with Gasteiger partial charge in [-0.05, 0) is 39.8 Å². The number of nitrogens with zero attached hydrogens (tertiary/aromatic N) is 1. The van der Waals surface area contributed by atoms with Gasteiger partial charge in [-0.25, -0.2) is 4.98 Å². The first kappa shape index (κ1) is 15.4. The Balaban J connectivity index is 2.02. The maximum Gasteiger partial charge on any atom is 0.265 e. The van der Waals surface area contributed by atoms with E-state index in [0.717, 1.165) is 5.76 Å². The van der Waals surface area contributed by atoms with Crippen LogP contribution in [0.5, 0.6) is 0 Å². The minimum atomic E-state index is -0.249. The van der Waals surface area contributed by atoms with E-state index in [1.807, 2.05) is 39.8 Å².